The van der Waals surface area contributed by atoms with Gasteiger partial charge in [-0.15, -0.1) is 0 Å². The molecule has 18 heavy (non-hydrogen) atoms. The van der Waals surface area contributed by atoms with Gasteiger partial charge in [0.05, 0.1) is 11.6 Å². The van der Waals surface area contributed by atoms with Crippen molar-refractivity contribution >= 4 is 11.6 Å². The van der Waals surface area contributed by atoms with Gasteiger partial charge in [-0.05, 0) is 31.5 Å². The molecule has 6 heteroatoms. The van der Waals surface area contributed by atoms with E-state index >= 15 is 0 Å². The lowest BCUT2D eigenvalue weighted by atomic mass is 10.1. The monoisotopic (exact) mass is 269 g/mol. The van der Waals surface area contributed by atoms with Crippen molar-refractivity contribution in [1.29, 1.82) is 0 Å². The zero-order chi connectivity index (χ0) is 13.1. The van der Waals surface area contributed by atoms with Crippen LogP contribution in [0.1, 0.15) is 30.2 Å². The summed E-state index contributed by atoms with van der Waals surface area (Å²) >= 11 is 5.73. The summed E-state index contributed by atoms with van der Waals surface area (Å²) in [5, 5.41) is 7.01. The second-order valence-electron chi connectivity index (χ2n) is 4.01. The highest BCUT2D eigenvalue weighted by Crippen LogP contribution is 2.20. The zero-order valence-corrected chi connectivity index (χ0v) is 10.8. The molecule has 0 saturated carbocycles. The van der Waals surface area contributed by atoms with Crippen molar-refractivity contribution in [2.75, 3.05) is 0 Å². The molecule has 0 bridgehead atoms. The van der Waals surface area contributed by atoms with Crippen molar-refractivity contribution in [3.8, 4) is 0 Å². The molecule has 0 fully saturated rings. The van der Waals surface area contributed by atoms with E-state index in [9.17, 15) is 4.39 Å². The largest absolute Gasteiger partial charge is 0.338 e. The second-order valence-corrected chi connectivity index (χ2v) is 4.42. The van der Waals surface area contributed by atoms with Gasteiger partial charge in [0.25, 0.3) is 0 Å². The average Bonchev–Trinajstić information content (AvgIpc) is 2.75. The van der Waals surface area contributed by atoms with Crippen molar-refractivity contribution in [2.24, 2.45) is 0 Å². The van der Waals surface area contributed by atoms with Gasteiger partial charge in [-0.3, -0.25) is 0 Å². The summed E-state index contributed by atoms with van der Waals surface area (Å²) < 4.78 is 18.0. The number of hydrogen-bond donors (Lipinski definition) is 1. The topological polar surface area (TPSA) is 51.0 Å². The second kappa shape index (κ2) is 5.46. The maximum Gasteiger partial charge on any atom is 0.240 e. The number of nitrogens with zero attached hydrogens (tertiary/aromatic N) is 2. The smallest absolute Gasteiger partial charge is 0.240 e. The van der Waals surface area contributed by atoms with Crippen LogP contribution < -0.4 is 5.32 Å². The number of rotatable bonds is 4. The molecule has 96 valence electrons. The maximum absolute atomic E-state index is 13.0. The van der Waals surface area contributed by atoms with Crippen LogP contribution in [0.15, 0.2) is 22.7 Å². The summed E-state index contributed by atoms with van der Waals surface area (Å²) in [7, 11) is 0. The molecule has 2 aromatic rings. The Morgan fingerprint density at radius 2 is 2.28 bits per heavy atom. The molecule has 0 aliphatic heterocycles. The van der Waals surface area contributed by atoms with Crippen molar-refractivity contribution in [2.45, 2.75) is 26.4 Å². The number of aryl methyl sites for hydroxylation is 1. The molecule has 0 spiro atoms. The van der Waals surface area contributed by atoms with Crippen LogP contribution in [0.25, 0.3) is 0 Å². The van der Waals surface area contributed by atoms with Gasteiger partial charge in [-0.2, -0.15) is 4.98 Å². The van der Waals surface area contributed by atoms with E-state index < -0.39 is 5.82 Å². The minimum atomic E-state index is -0.417. The average molecular weight is 270 g/mol. The minimum absolute atomic E-state index is 0.00954. The van der Waals surface area contributed by atoms with Gasteiger partial charge >= 0.3 is 0 Å². The summed E-state index contributed by atoms with van der Waals surface area (Å²) in [5.41, 5.74) is 0.901. The third-order valence-electron chi connectivity index (χ3n) is 2.57. The molecule has 4 nitrogen and oxygen atoms in total. The molecule has 0 saturated heterocycles. The van der Waals surface area contributed by atoms with Crippen molar-refractivity contribution in [3.63, 3.8) is 0 Å². The van der Waals surface area contributed by atoms with Crippen LogP contribution in [-0.4, -0.2) is 10.1 Å². The van der Waals surface area contributed by atoms with E-state index in [1.807, 2.05) is 6.92 Å². The van der Waals surface area contributed by atoms with Gasteiger partial charge in [0, 0.05) is 6.04 Å². The highest BCUT2D eigenvalue weighted by Gasteiger charge is 2.10. The summed E-state index contributed by atoms with van der Waals surface area (Å²) in [6, 6.07) is 4.66. The third kappa shape index (κ3) is 3.05. The number of nitrogens with one attached hydrogen (secondary N) is 1. The zero-order valence-electron chi connectivity index (χ0n) is 10.1. The Morgan fingerprint density at radius 1 is 1.50 bits per heavy atom. The van der Waals surface area contributed by atoms with Crippen LogP contribution in [0.3, 0.4) is 0 Å². The predicted molar refractivity (Wildman–Crippen MR) is 65.7 cm³/mol. The lowest BCUT2D eigenvalue weighted by molar-refractivity contribution is 0.357. The number of hydrogen-bond acceptors (Lipinski definition) is 4. The first-order valence-corrected chi connectivity index (χ1v) is 5.91. The maximum atomic E-state index is 13.0. The third-order valence-corrected chi connectivity index (χ3v) is 2.86. The Kier molecular flexibility index (Phi) is 3.93. The Morgan fingerprint density at radius 3 is 2.89 bits per heavy atom. The molecule has 1 aromatic carbocycles. The van der Waals surface area contributed by atoms with E-state index in [2.05, 4.69) is 15.5 Å². The fourth-order valence-corrected chi connectivity index (χ4v) is 1.74. The highest BCUT2D eigenvalue weighted by atomic mass is 35.5. The van der Waals surface area contributed by atoms with E-state index in [1.54, 1.807) is 19.1 Å². The van der Waals surface area contributed by atoms with Crippen molar-refractivity contribution in [3.05, 3.63) is 46.3 Å². The number of aromatic nitrogens is 2. The summed E-state index contributed by atoms with van der Waals surface area (Å²) in [6.07, 6.45) is 0. The van der Waals surface area contributed by atoms with Crippen LogP contribution in [0.5, 0.6) is 0 Å². The van der Waals surface area contributed by atoms with Crippen molar-refractivity contribution in [1.82, 2.24) is 15.5 Å². The quantitative estimate of drug-likeness (QED) is 0.927. The summed E-state index contributed by atoms with van der Waals surface area (Å²) in [5.74, 6) is 0.706. The van der Waals surface area contributed by atoms with Crippen LogP contribution in [-0.2, 0) is 6.54 Å². The van der Waals surface area contributed by atoms with Gasteiger partial charge in [-0.1, -0.05) is 22.8 Å². The van der Waals surface area contributed by atoms with Gasteiger partial charge in [0.1, 0.15) is 5.82 Å². The Labute approximate surface area is 109 Å². The van der Waals surface area contributed by atoms with Gasteiger partial charge in [-0.25, -0.2) is 4.39 Å². The molecule has 1 heterocycles. The first-order valence-electron chi connectivity index (χ1n) is 5.54. The van der Waals surface area contributed by atoms with Gasteiger partial charge < -0.3 is 9.84 Å². The SMILES string of the molecule is Cc1noc(CNC(C)c2ccc(F)c(Cl)c2)n1. The van der Waals surface area contributed by atoms with E-state index in [0.717, 1.165) is 5.56 Å². The first-order chi connectivity index (χ1) is 8.56. The van der Waals surface area contributed by atoms with Crippen LogP contribution in [0.2, 0.25) is 5.02 Å². The number of halogens is 2. The fraction of sp³-hybridized carbons (Fsp3) is 0.333. The molecule has 0 aliphatic rings. The van der Waals surface area contributed by atoms with Crippen LogP contribution in [0, 0.1) is 12.7 Å². The van der Waals surface area contributed by atoms with E-state index in [-0.39, 0.29) is 11.1 Å². The standard InChI is InChI=1S/C12H13ClFN3O/c1-7(9-3-4-11(14)10(13)5-9)15-6-12-16-8(2)17-18-12/h3-5,7,15H,6H2,1-2H3. The molecular formula is C12H13ClFN3O. The molecular weight excluding hydrogens is 257 g/mol. The van der Waals surface area contributed by atoms with Gasteiger partial charge in [0.2, 0.25) is 5.89 Å². The van der Waals surface area contributed by atoms with E-state index in [4.69, 9.17) is 16.1 Å². The molecule has 0 aliphatic carbocycles. The van der Waals surface area contributed by atoms with E-state index in [1.165, 1.54) is 6.07 Å². The molecule has 1 aromatic heterocycles. The van der Waals surface area contributed by atoms with Crippen LogP contribution >= 0.6 is 11.6 Å². The lowest BCUT2D eigenvalue weighted by Gasteiger charge is -2.13. The Balaban J connectivity index is 1.99. The minimum Gasteiger partial charge on any atom is -0.338 e. The van der Waals surface area contributed by atoms with Crippen LogP contribution in [0.4, 0.5) is 4.39 Å². The predicted octanol–water partition coefficient (Wildman–Crippen LogP) is 3.02. The summed E-state index contributed by atoms with van der Waals surface area (Å²) in [6.45, 7) is 4.17. The lowest BCUT2D eigenvalue weighted by Crippen LogP contribution is -2.18. The van der Waals surface area contributed by atoms with Gasteiger partial charge in [0.15, 0.2) is 5.82 Å². The molecule has 2 rings (SSSR count). The molecule has 1 N–H and O–H groups in total. The van der Waals surface area contributed by atoms with Crippen molar-refractivity contribution < 1.29 is 8.91 Å². The normalized spacial score (nSPS) is 12.7. The Hall–Kier alpha value is -1.46. The Bertz CT molecular complexity index is 544. The molecule has 0 amide bonds. The number of benzene rings is 1. The summed E-state index contributed by atoms with van der Waals surface area (Å²) in [4.78, 5) is 4.08. The fourth-order valence-electron chi connectivity index (χ4n) is 1.55. The molecule has 1 unspecified atom stereocenters. The first kappa shape index (κ1) is 13.0. The molecule has 0 radical (unpaired) electrons. The molecule has 1 atom stereocenters. The highest BCUT2D eigenvalue weighted by molar-refractivity contribution is 6.30. The van der Waals surface area contributed by atoms with E-state index in [0.29, 0.717) is 18.3 Å².